The Labute approximate surface area is 128 Å². The molecule has 1 aromatic rings. The van der Waals surface area contributed by atoms with E-state index in [1.54, 1.807) is 11.8 Å². The van der Waals surface area contributed by atoms with Crippen molar-refractivity contribution in [2.24, 2.45) is 0 Å². The van der Waals surface area contributed by atoms with E-state index in [9.17, 15) is 5.11 Å². The van der Waals surface area contributed by atoms with Crippen molar-refractivity contribution in [3.8, 4) is 0 Å². The monoisotopic (exact) mass is 295 g/mol. The lowest BCUT2D eigenvalue weighted by Gasteiger charge is -2.27. The lowest BCUT2D eigenvalue weighted by atomic mass is 9.99. The van der Waals surface area contributed by atoms with Gasteiger partial charge in [0, 0.05) is 18.3 Å². The van der Waals surface area contributed by atoms with Gasteiger partial charge in [0.25, 0.3) is 0 Å². The Kier molecular flexibility index (Phi) is 8.27. The third kappa shape index (κ3) is 6.78. The molecular formula is C17H29NOS. The number of benzene rings is 1. The average Bonchev–Trinajstić information content (AvgIpc) is 2.43. The van der Waals surface area contributed by atoms with Crippen LogP contribution < -0.4 is 5.32 Å². The summed E-state index contributed by atoms with van der Waals surface area (Å²) < 4.78 is 0. The van der Waals surface area contributed by atoms with Crippen LogP contribution in [0.15, 0.2) is 30.3 Å². The topological polar surface area (TPSA) is 32.3 Å². The number of unbranched alkanes of at least 4 members (excludes halogenated alkanes) is 2. The maximum Gasteiger partial charge on any atom is 0.0833 e. The van der Waals surface area contributed by atoms with E-state index in [2.05, 4.69) is 42.6 Å². The van der Waals surface area contributed by atoms with E-state index in [1.165, 1.54) is 24.8 Å². The first-order valence-corrected chi connectivity index (χ1v) is 8.98. The molecule has 0 fully saturated rings. The summed E-state index contributed by atoms with van der Waals surface area (Å²) in [5.74, 6) is 0.760. The summed E-state index contributed by atoms with van der Waals surface area (Å²) in [5, 5.41) is 13.9. The number of aliphatic hydroxyl groups is 1. The number of hydrogen-bond donors (Lipinski definition) is 2. The van der Waals surface area contributed by atoms with Gasteiger partial charge in [-0.3, -0.25) is 0 Å². The maximum atomic E-state index is 10.3. The van der Waals surface area contributed by atoms with Crippen LogP contribution in [0.1, 0.15) is 51.1 Å². The molecule has 0 radical (unpaired) electrons. The molecule has 1 rings (SSSR count). The van der Waals surface area contributed by atoms with Crippen LogP contribution in [0.25, 0.3) is 0 Å². The summed E-state index contributed by atoms with van der Waals surface area (Å²) in [7, 11) is 0. The molecular weight excluding hydrogens is 266 g/mol. The van der Waals surface area contributed by atoms with Crippen molar-refractivity contribution >= 4 is 11.8 Å². The smallest absolute Gasteiger partial charge is 0.0833 e. The predicted molar refractivity (Wildman–Crippen MR) is 90.3 cm³/mol. The first kappa shape index (κ1) is 17.5. The number of nitrogens with one attached hydrogen (secondary N) is 1. The fourth-order valence-corrected chi connectivity index (χ4v) is 3.10. The Morgan fingerprint density at radius 2 is 1.95 bits per heavy atom. The minimum Gasteiger partial charge on any atom is -0.388 e. The van der Waals surface area contributed by atoms with E-state index in [-0.39, 0.29) is 0 Å². The molecule has 1 aromatic carbocycles. The zero-order valence-corrected chi connectivity index (χ0v) is 13.9. The first-order valence-electron chi connectivity index (χ1n) is 7.58. The maximum absolute atomic E-state index is 10.3. The van der Waals surface area contributed by atoms with E-state index < -0.39 is 5.60 Å². The van der Waals surface area contributed by atoms with Gasteiger partial charge in [-0.1, -0.05) is 56.5 Å². The van der Waals surface area contributed by atoms with Crippen molar-refractivity contribution in [3.63, 3.8) is 0 Å². The largest absolute Gasteiger partial charge is 0.388 e. The fraction of sp³-hybridized carbons (Fsp3) is 0.647. The van der Waals surface area contributed by atoms with Crippen molar-refractivity contribution in [1.82, 2.24) is 5.32 Å². The van der Waals surface area contributed by atoms with Gasteiger partial charge in [0.2, 0.25) is 0 Å². The van der Waals surface area contributed by atoms with E-state index >= 15 is 0 Å². The highest BCUT2D eigenvalue weighted by Gasteiger charge is 2.21. The Balaban J connectivity index is 2.59. The Bertz CT molecular complexity index is 353. The molecule has 2 nitrogen and oxygen atoms in total. The minimum absolute atomic E-state index is 0.344. The number of thioether (sulfide) groups is 1. The molecule has 0 saturated heterocycles. The van der Waals surface area contributed by atoms with Gasteiger partial charge in [-0.2, -0.15) is 11.8 Å². The molecule has 0 amide bonds. The minimum atomic E-state index is -0.642. The van der Waals surface area contributed by atoms with E-state index in [1.807, 2.05) is 13.2 Å². The lowest BCUT2D eigenvalue weighted by Crippen LogP contribution is -2.41. The van der Waals surface area contributed by atoms with Crippen LogP contribution in [0.4, 0.5) is 0 Å². The molecule has 2 unspecified atom stereocenters. The summed E-state index contributed by atoms with van der Waals surface area (Å²) in [5.41, 5.74) is 0.681. The Morgan fingerprint density at radius 3 is 2.55 bits per heavy atom. The SMILES string of the molecule is CCCCCC(NCC(C)(O)CSC)c1ccccc1. The van der Waals surface area contributed by atoms with Gasteiger partial charge in [0.15, 0.2) is 0 Å². The van der Waals surface area contributed by atoms with Crippen molar-refractivity contribution in [3.05, 3.63) is 35.9 Å². The van der Waals surface area contributed by atoms with Gasteiger partial charge in [0.05, 0.1) is 5.60 Å². The number of hydrogen-bond acceptors (Lipinski definition) is 3. The van der Waals surface area contributed by atoms with E-state index in [4.69, 9.17) is 0 Å². The lowest BCUT2D eigenvalue weighted by molar-refractivity contribution is 0.0808. The van der Waals surface area contributed by atoms with Crippen LogP contribution in [0.2, 0.25) is 0 Å². The molecule has 0 heterocycles. The van der Waals surface area contributed by atoms with Gasteiger partial charge in [-0.15, -0.1) is 0 Å². The molecule has 0 saturated carbocycles. The quantitative estimate of drug-likeness (QED) is 0.640. The Morgan fingerprint density at radius 1 is 1.25 bits per heavy atom. The van der Waals surface area contributed by atoms with Crippen LogP contribution in [0, 0.1) is 0 Å². The second-order valence-electron chi connectivity index (χ2n) is 5.77. The number of rotatable bonds is 10. The summed E-state index contributed by atoms with van der Waals surface area (Å²) in [4.78, 5) is 0. The van der Waals surface area contributed by atoms with Crippen molar-refractivity contribution in [1.29, 1.82) is 0 Å². The third-order valence-corrected chi connectivity index (χ3v) is 4.39. The molecule has 20 heavy (non-hydrogen) atoms. The molecule has 0 aliphatic heterocycles. The average molecular weight is 295 g/mol. The standard InChI is InChI=1S/C17H29NOS/c1-4-5-7-12-16(15-10-8-6-9-11-15)18-13-17(2,19)14-20-3/h6,8-11,16,18-19H,4-5,7,12-14H2,1-3H3. The van der Waals surface area contributed by atoms with Crippen LogP contribution in [0.5, 0.6) is 0 Å². The molecule has 3 heteroatoms. The first-order chi connectivity index (χ1) is 9.59. The second kappa shape index (κ2) is 9.43. The van der Waals surface area contributed by atoms with E-state index in [0.29, 0.717) is 12.6 Å². The molecule has 0 spiro atoms. The highest BCUT2D eigenvalue weighted by Crippen LogP contribution is 2.21. The van der Waals surface area contributed by atoms with Crippen molar-refractivity contribution in [2.45, 2.75) is 51.2 Å². The van der Waals surface area contributed by atoms with Gasteiger partial charge in [-0.05, 0) is 25.2 Å². The van der Waals surface area contributed by atoms with Crippen LogP contribution in [0.3, 0.4) is 0 Å². The summed E-state index contributed by atoms with van der Waals surface area (Å²) >= 11 is 1.69. The molecule has 114 valence electrons. The molecule has 2 atom stereocenters. The fourth-order valence-electron chi connectivity index (χ4n) is 2.38. The molecule has 0 aliphatic carbocycles. The zero-order valence-electron chi connectivity index (χ0n) is 13.1. The van der Waals surface area contributed by atoms with Crippen LogP contribution in [-0.2, 0) is 0 Å². The third-order valence-electron chi connectivity index (χ3n) is 3.48. The van der Waals surface area contributed by atoms with Crippen LogP contribution in [-0.4, -0.2) is 29.3 Å². The summed E-state index contributed by atoms with van der Waals surface area (Å²) in [6.07, 6.45) is 6.91. The molecule has 0 aromatic heterocycles. The summed E-state index contributed by atoms with van der Waals surface area (Å²) in [6, 6.07) is 10.9. The molecule has 0 bridgehead atoms. The van der Waals surface area contributed by atoms with Gasteiger partial charge in [-0.25, -0.2) is 0 Å². The van der Waals surface area contributed by atoms with Gasteiger partial charge >= 0.3 is 0 Å². The van der Waals surface area contributed by atoms with Crippen molar-refractivity contribution < 1.29 is 5.11 Å². The highest BCUT2D eigenvalue weighted by atomic mass is 32.2. The van der Waals surface area contributed by atoms with Crippen molar-refractivity contribution in [2.75, 3.05) is 18.6 Å². The van der Waals surface area contributed by atoms with Gasteiger partial charge < -0.3 is 10.4 Å². The summed E-state index contributed by atoms with van der Waals surface area (Å²) in [6.45, 7) is 4.78. The zero-order chi connectivity index (χ0) is 14.8. The molecule has 2 N–H and O–H groups in total. The Hall–Kier alpha value is -0.510. The normalized spacial score (nSPS) is 15.8. The highest BCUT2D eigenvalue weighted by molar-refractivity contribution is 7.98. The molecule has 0 aliphatic rings. The predicted octanol–water partition coefficient (Wildman–Crippen LogP) is 4.01. The van der Waals surface area contributed by atoms with E-state index in [0.717, 1.165) is 12.2 Å². The van der Waals surface area contributed by atoms with Crippen LogP contribution >= 0.6 is 11.8 Å². The van der Waals surface area contributed by atoms with Gasteiger partial charge in [0.1, 0.15) is 0 Å². The second-order valence-corrected chi connectivity index (χ2v) is 6.64.